The van der Waals surface area contributed by atoms with Crippen LogP contribution in [0.2, 0.25) is 0 Å². The van der Waals surface area contributed by atoms with Gasteiger partial charge >= 0.3 is 0 Å². The van der Waals surface area contributed by atoms with Crippen molar-refractivity contribution in [1.29, 1.82) is 0 Å². The first-order valence-corrected chi connectivity index (χ1v) is 15.6. The zero-order valence-corrected chi connectivity index (χ0v) is 27.9. The van der Waals surface area contributed by atoms with Crippen LogP contribution in [0.1, 0.15) is 35.3 Å². The standard InChI is InChI=1S/C36H48N4O6/c1-23(42)33-32(22-41)46-40(34(33)24(2)43)20-26-14-11-15-31(35(26)45-7)27-17-28(19-30(18-27)39(5)6)36(44)37-29(21-38(3)4)16-25-12-9-8-10-13-25/h8-15,17-19,23,29,32-34,41-42H,16,20-22H2,1-7H3,(H,37,44)/t23-,29-,32-,33+,34+/m0/s1. The number of nitrogens with zero attached hydrogens (tertiary/aromatic N) is 3. The van der Waals surface area contributed by atoms with Gasteiger partial charge in [0.1, 0.15) is 23.7 Å². The molecule has 1 aliphatic rings. The van der Waals surface area contributed by atoms with Crippen LogP contribution in [-0.2, 0) is 22.6 Å². The van der Waals surface area contributed by atoms with Gasteiger partial charge in [0.15, 0.2) is 0 Å². The number of methoxy groups -OCH3 is 1. The van der Waals surface area contributed by atoms with Crippen LogP contribution in [-0.4, -0.2) is 105 Å². The molecule has 1 saturated heterocycles. The minimum atomic E-state index is -0.854. The van der Waals surface area contributed by atoms with E-state index in [1.807, 2.05) is 87.7 Å². The zero-order valence-electron chi connectivity index (χ0n) is 27.9. The van der Waals surface area contributed by atoms with Gasteiger partial charge in [-0.2, -0.15) is 5.06 Å². The van der Waals surface area contributed by atoms with Crippen LogP contribution in [0.25, 0.3) is 11.1 Å². The van der Waals surface area contributed by atoms with Crippen molar-refractivity contribution in [2.24, 2.45) is 5.92 Å². The second kappa shape index (κ2) is 15.7. The maximum absolute atomic E-state index is 13.8. The topological polar surface area (TPSA) is 115 Å². The van der Waals surface area contributed by atoms with Crippen molar-refractivity contribution in [2.45, 2.75) is 51.1 Å². The highest BCUT2D eigenvalue weighted by Crippen LogP contribution is 2.39. The molecule has 0 unspecified atom stereocenters. The first-order valence-electron chi connectivity index (χ1n) is 15.6. The molecular weight excluding hydrogens is 584 g/mol. The molecule has 0 saturated carbocycles. The molecule has 46 heavy (non-hydrogen) atoms. The van der Waals surface area contributed by atoms with Crippen molar-refractivity contribution in [2.75, 3.05) is 53.4 Å². The molecule has 248 valence electrons. The van der Waals surface area contributed by atoms with Crippen LogP contribution in [0, 0.1) is 5.92 Å². The summed E-state index contributed by atoms with van der Waals surface area (Å²) in [6.45, 7) is 3.62. The number of carbonyl (C=O) groups excluding carboxylic acids is 2. The van der Waals surface area contributed by atoms with Crippen LogP contribution in [0.15, 0.2) is 66.7 Å². The molecule has 1 heterocycles. The Balaban J connectivity index is 1.68. The highest BCUT2D eigenvalue weighted by Gasteiger charge is 2.48. The van der Waals surface area contributed by atoms with Gasteiger partial charge in [0.25, 0.3) is 5.91 Å². The zero-order chi connectivity index (χ0) is 33.5. The van der Waals surface area contributed by atoms with Gasteiger partial charge in [-0.1, -0.05) is 48.5 Å². The average molecular weight is 633 g/mol. The normalized spacial score (nSPS) is 19.6. The molecule has 3 aromatic carbocycles. The van der Waals surface area contributed by atoms with Gasteiger partial charge in [0, 0.05) is 55.0 Å². The number of Topliss-reactive ketones (excluding diaryl/α,β-unsaturated/α-hetero) is 1. The summed E-state index contributed by atoms with van der Waals surface area (Å²) in [5.41, 5.74) is 4.85. The first-order chi connectivity index (χ1) is 21.9. The van der Waals surface area contributed by atoms with Gasteiger partial charge in [-0.3, -0.25) is 14.4 Å². The Kier molecular flexibility index (Phi) is 11.9. The van der Waals surface area contributed by atoms with Crippen molar-refractivity contribution in [3.05, 3.63) is 83.4 Å². The number of rotatable bonds is 14. The summed E-state index contributed by atoms with van der Waals surface area (Å²) in [6, 6.07) is 20.8. The monoisotopic (exact) mass is 632 g/mol. The van der Waals surface area contributed by atoms with Gasteiger partial charge in [0.05, 0.1) is 26.4 Å². The van der Waals surface area contributed by atoms with Crippen molar-refractivity contribution in [3.8, 4) is 16.9 Å². The third-order valence-electron chi connectivity index (χ3n) is 8.41. The number of amides is 1. The van der Waals surface area contributed by atoms with Gasteiger partial charge < -0.3 is 30.1 Å². The number of hydroxylamine groups is 2. The van der Waals surface area contributed by atoms with Gasteiger partial charge in [-0.05, 0) is 63.7 Å². The Labute approximate surface area is 272 Å². The predicted molar refractivity (Wildman–Crippen MR) is 180 cm³/mol. The lowest BCUT2D eigenvalue weighted by Gasteiger charge is -2.26. The molecule has 0 radical (unpaired) electrons. The maximum atomic E-state index is 13.8. The first kappa shape index (κ1) is 35.1. The number of carbonyl (C=O) groups is 2. The van der Waals surface area contributed by atoms with Crippen molar-refractivity contribution >= 4 is 17.4 Å². The Morgan fingerprint density at radius 3 is 2.35 bits per heavy atom. The number of benzene rings is 3. The number of ether oxygens (including phenoxy) is 1. The number of aliphatic hydroxyl groups excluding tert-OH is 2. The van der Waals surface area contributed by atoms with E-state index in [1.165, 1.54) is 12.0 Å². The van der Waals surface area contributed by atoms with E-state index < -0.39 is 24.2 Å². The fourth-order valence-corrected chi connectivity index (χ4v) is 6.31. The molecule has 1 aliphatic heterocycles. The van der Waals surface area contributed by atoms with Crippen LogP contribution >= 0.6 is 0 Å². The Bertz CT molecular complexity index is 1480. The Hall–Kier alpha value is -3.80. The number of likely N-dealkylation sites (N-methyl/N-ethyl adjacent to an activating group) is 1. The molecule has 0 aromatic heterocycles. The number of hydrogen-bond donors (Lipinski definition) is 3. The summed E-state index contributed by atoms with van der Waals surface area (Å²) in [5.74, 6) is -0.331. The molecule has 0 aliphatic carbocycles. The van der Waals surface area contributed by atoms with Crippen LogP contribution in [0.3, 0.4) is 0 Å². The second-order valence-corrected chi connectivity index (χ2v) is 12.6. The third kappa shape index (κ3) is 8.31. The number of anilines is 1. The summed E-state index contributed by atoms with van der Waals surface area (Å²) in [6.07, 6.45) is -0.861. The van der Waals surface area contributed by atoms with Crippen LogP contribution < -0.4 is 15.0 Å². The number of aliphatic hydroxyl groups is 2. The summed E-state index contributed by atoms with van der Waals surface area (Å²) in [4.78, 5) is 36.5. The molecule has 1 fully saturated rings. The molecule has 1 amide bonds. The van der Waals surface area contributed by atoms with Crippen molar-refractivity contribution in [3.63, 3.8) is 0 Å². The molecule has 10 nitrogen and oxygen atoms in total. The highest BCUT2D eigenvalue weighted by molar-refractivity contribution is 5.97. The number of nitrogens with one attached hydrogen (secondary N) is 1. The lowest BCUT2D eigenvalue weighted by Crippen LogP contribution is -2.43. The van der Waals surface area contributed by atoms with Gasteiger partial charge in [-0.25, -0.2) is 0 Å². The lowest BCUT2D eigenvalue weighted by atomic mass is 9.88. The molecule has 3 aromatic rings. The minimum absolute atomic E-state index is 0.0999. The molecule has 0 spiro atoms. The molecule has 3 N–H and O–H groups in total. The van der Waals surface area contributed by atoms with E-state index in [0.717, 1.165) is 27.9 Å². The Morgan fingerprint density at radius 1 is 1.04 bits per heavy atom. The number of para-hydroxylation sites is 1. The third-order valence-corrected chi connectivity index (χ3v) is 8.41. The SMILES string of the molecule is COc1c(CN2O[C@@H](CO)[C@@H]([C@H](C)O)[C@H]2C(C)=O)cccc1-c1cc(C(=O)N[C@@H](Cc2ccccc2)CN(C)C)cc(N(C)C)c1. The quantitative estimate of drug-likeness (QED) is 0.246. The maximum Gasteiger partial charge on any atom is 0.251 e. The smallest absolute Gasteiger partial charge is 0.251 e. The average Bonchev–Trinajstić information content (AvgIpc) is 3.39. The van der Waals surface area contributed by atoms with E-state index in [9.17, 15) is 19.8 Å². The van der Waals surface area contributed by atoms with E-state index in [2.05, 4.69) is 22.3 Å². The van der Waals surface area contributed by atoms with Crippen LogP contribution in [0.4, 0.5) is 5.69 Å². The second-order valence-electron chi connectivity index (χ2n) is 12.6. The predicted octanol–water partition coefficient (Wildman–Crippen LogP) is 3.39. The van der Waals surface area contributed by atoms with E-state index in [4.69, 9.17) is 9.57 Å². The lowest BCUT2D eigenvalue weighted by molar-refractivity contribution is -0.180. The molecule has 10 heteroatoms. The molecular formula is C36H48N4O6. The fourth-order valence-electron chi connectivity index (χ4n) is 6.31. The fraction of sp³-hybridized carbons (Fsp3) is 0.444. The summed E-state index contributed by atoms with van der Waals surface area (Å²) >= 11 is 0. The van der Waals surface area contributed by atoms with E-state index in [1.54, 1.807) is 14.0 Å². The molecule has 5 atom stereocenters. The summed E-state index contributed by atoms with van der Waals surface area (Å²) < 4.78 is 5.95. The molecule has 4 rings (SSSR count). The number of ketones is 1. The van der Waals surface area contributed by atoms with Gasteiger partial charge in [-0.15, -0.1) is 0 Å². The summed E-state index contributed by atoms with van der Waals surface area (Å²) in [7, 11) is 9.44. The number of hydrogen-bond acceptors (Lipinski definition) is 9. The van der Waals surface area contributed by atoms with Gasteiger partial charge in [0.2, 0.25) is 0 Å². The van der Waals surface area contributed by atoms with E-state index in [-0.39, 0.29) is 30.9 Å². The van der Waals surface area contributed by atoms with E-state index >= 15 is 0 Å². The molecule has 0 bridgehead atoms. The summed E-state index contributed by atoms with van der Waals surface area (Å²) in [5, 5.41) is 25.2. The van der Waals surface area contributed by atoms with E-state index in [0.29, 0.717) is 24.3 Å². The van der Waals surface area contributed by atoms with Crippen LogP contribution in [0.5, 0.6) is 5.75 Å². The largest absolute Gasteiger partial charge is 0.496 e. The van der Waals surface area contributed by atoms with Crippen molar-refractivity contribution < 1.29 is 29.4 Å². The van der Waals surface area contributed by atoms with Crippen molar-refractivity contribution in [1.82, 2.24) is 15.3 Å². The highest BCUT2D eigenvalue weighted by atomic mass is 16.7. The minimum Gasteiger partial charge on any atom is -0.496 e. The Morgan fingerprint density at radius 2 is 1.76 bits per heavy atom.